The maximum absolute atomic E-state index is 12.4. The van der Waals surface area contributed by atoms with E-state index in [1.54, 1.807) is 4.90 Å². The van der Waals surface area contributed by atoms with Gasteiger partial charge in [-0.05, 0) is 37.3 Å². The molecule has 0 atom stereocenters. The minimum atomic E-state index is -1.11. The van der Waals surface area contributed by atoms with Crippen LogP contribution in [0.2, 0.25) is 0 Å². The van der Waals surface area contributed by atoms with Gasteiger partial charge in [0.05, 0.1) is 5.56 Å². The van der Waals surface area contributed by atoms with Gasteiger partial charge in [-0.3, -0.25) is 9.78 Å². The van der Waals surface area contributed by atoms with Crippen LogP contribution in [0.15, 0.2) is 18.3 Å². The number of amides is 1. The van der Waals surface area contributed by atoms with Crippen LogP contribution in [0.1, 0.15) is 47.0 Å². The van der Waals surface area contributed by atoms with Crippen LogP contribution in [0, 0.1) is 5.92 Å². The van der Waals surface area contributed by atoms with Gasteiger partial charge in [0.1, 0.15) is 5.69 Å². The molecule has 1 aliphatic carbocycles. The predicted molar refractivity (Wildman–Crippen MR) is 70.1 cm³/mol. The van der Waals surface area contributed by atoms with Crippen LogP contribution in [0.3, 0.4) is 0 Å². The first-order valence-electron chi connectivity index (χ1n) is 6.61. The van der Waals surface area contributed by atoms with Gasteiger partial charge >= 0.3 is 5.97 Å². The van der Waals surface area contributed by atoms with Crippen LogP contribution in [-0.2, 0) is 0 Å². The molecule has 1 N–H and O–H groups in total. The molecule has 0 aliphatic heterocycles. The number of aromatic carboxylic acids is 1. The van der Waals surface area contributed by atoms with E-state index in [2.05, 4.69) is 4.98 Å². The molecular weight excluding hydrogens is 244 g/mol. The number of hydrogen-bond donors (Lipinski definition) is 1. The molecule has 1 amide bonds. The minimum absolute atomic E-state index is 0.0237. The molecule has 1 aromatic heterocycles. The van der Waals surface area contributed by atoms with Crippen molar-refractivity contribution < 1.29 is 14.7 Å². The quantitative estimate of drug-likeness (QED) is 0.851. The Morgan fingerprint density at radius 1 is 1.47 bits per heavy atom. The van der Waals surface area contributed by atoms with Crippen molar-refractivity contribution in [2.45, 2.75) is 26.2 Å². The molecule has 2 rings (SSSR count). The third-order valence-corrected chi connectivity index (χ3v) is 3.20. The maximum Gasteiger partial charge on any atom is 0.338 e. The van der Waals surface area contributed by atoms with Gasteiger partial charge in [0.15, 0.2) is 0 Å². The summed E-state index contributed by atoms with van der Waals surface area (Å²) in [5, 5.41) is 9.11. The highest BCUT2D eigenvalue weighted by atomic mass is 16.4. The number of nitrogens with zero attached hydrogens (tertiary/aromatic N) is 2. The first kappa shape index (κ1) is 13.5. The number of carboxylic acid groups (broad SMARTS) is 1. The number of carbonyl (C=O) groups is 2. The van der Waals surface area contributed by atoms with Crippen LogP contribution in [-0.4, -0.2) is 40.0 Å². The van der Waals surface area contributed by atoms with Crippen molar-refractivity contribution >= 4 is 11.9 Å². The second-order valence-electron chi connectivity index (χ2n) is 4.90. The van der Waals surface area contributed by atoms with Gasteiger partial charge in [0.2, 0.25) is 0 Å². The largest absolute Gasteiger partial charge is 0.478 e. The number of carboxylic acids is 1. The summed E-state index contributed by atoms with van der Waals surface area (Å²) in [4.78, 5) is 29.2. The second kappa shape index (κ2) is 5.82. The first-order chi connectivity index (χ1) is 9.13. The predicted octanol–water partition coefficient (Wildman–Crippen LogP) is 2.04. The average molecular weight is 262 g/mol. The summed E-state index contributed by atoms with van der Waals surface area (Å²) in [6, 6.07) is 2.95. The first-order valence-corrected chi connectivity index (χ1v) is 6.61. The molecule has 1 fully saturated rings. The highest BCUT2D eigenvalue weighted by Gasteiger charge is 2.29. The standard InChI is InChI=1S/C14H18N2O3/c1-2-8-16(9-10-5-6-10)13(17)12-11(14(18)19)4-3-7-15-12/h3-4,7,10H,2,5-6,8-9H2,1H3,(H,18,19). The fraction of sp³-hybridized carbons (Fsp3) is 0.500. The van der Waals surface area contributed by atoms with E-state index in [9.17, 15) is 9.59 Å². The van der Waals surface area contributed by atoms with Crippen LogP contribution in [0.5, 0.6) is 0 Å². The summed E-state index contributed by atoms with van der Waals surface area (Å²) in [5.74, 6) is -0.807. The molecule has 0 unspecified atom stereocenters. The summed E-state index contributed by atoms with van der Waals surface area (Å²) < 4.78 is 0. The zero-order valence-electron chi connectivity index (χ0n) is 11.0. The Labute approximate surface area is 112 Å². The topological polar surface area (TPSA) is 70.5 Å². The summed E-state index contributed by atoms with van der Waals surface area (Å²) in [6.07, 6.45) is 4.62. The number of carbonyl (C=O) groups excluding carboxylic acids is 1. The molecule has 0 radical (unpaired) electrons. The van der Waals surface area contributed by atoms with E-state index >= 15 is 0 Å². The van der Waals surface area contributed by atoms with Crippen molar-refractivity contribution in [2.75, 3.05) is 13.1 Å². The molecule has 0 aromatic carbocycles. The van der Waals surface area contributed by atoms with E-state index in [0.717, 1.165) is 19.3 Å². The normalized spacial score (nSPS) is 14.2. The van der Waals surface area contributed by atoms with Gasteiger partial charge in [-0.15, -0.1) is 0 Å². The van der Waals surface area contributed by atoms with E-state index < -0.39 is 5.97 Å². The van der Waals surface area contributed by atoms with Crippen molar-refractivity contribution in [2.24, 2.45) is 5.92 Å². The Kier molecular flexibility index (Phi) is 4.14. The molecule has 0 saturated heterocycles. The molecule has 1 saturated carbocycles. The van der Waals surface area contributed by atoms with Crippen molar-refractivity contribution in [3.05, 3.63) is 29.6 Å². The van der Waals surface area contributed by atoms with Crippen LogP contribution >= 0.6 is 0 Å². The molecule has 5 nitrogen and oxygen atoms in total. The monoisotopic (exact) mass is 262 g/mol. The summed E-state index contributed by atoms with van der Waals surface area (Å²) >= 11 is 0. The smallest absolute Gasteiger partial charge is 0.338 e. The highest BCUT2D eigenvalue weighted by Crippen LogP contribution is 2.30. The molecule has 1 heterocycles. The second-order valence-corrected chi connectivity index (χ2v) is 4.90. The molecular formula is C14H18N2O3. The van der Waals surface area contributed by atoms with Crippen molar-refractivity contribution in [3.63, 3.8) is 0 Å². The van der Waals surface area contributed by atoms with Crippen molar-refractivity contribution in [1.29, 1.82) is 0 Å². The van der Waals surface area contributed by atoms with Crippen LogP contribution < -0.4 is 0 Å². The molecule has 1 aliphatic rings. The van der Waals surface area contributed by atoms with Gasteiger partial charge in [-0.2, -0.15) is 0 Å². The SMILES string of the molecule is CCCN(CC1CC1)C(=O)c1ncccc1C(=O)O. The maximum atomic E-state index is 12.4. The lowest BCUT2D eigenvalue weighted by atomic mass is 10.1. The Hall–Kier alpha value is -1.91. The molecule has 5 heteroatoms. The van der Waals surface area contributed by atoms with Crippen LogP contribution in [0.4, 0.5) is 0 Å². The number of aromatic nitrogens is 1. The fourth-order valence-corrected chi connectivity index (χ4v) is 2.06. The number of hydrogen-bond acceptors (Lipinski definition) is 3. The van der Waals surface area contributed by atoms with E-state index in [-0.39, 0.29) is 17.2 Å². The summed E-state index contributed by atoms with van der Waals surface area (Å²) in [5.41, 5.74) is 0.0218. The van der Waals surface area contributed by atoms with Crippen molar-refractivity contribution in [1.82, 2.24) is 9.88 Å². The summed E-state index contributed by atoms with van der Waals surface area (Å²) in [7, 11) is 0. The lowest BCUT2D eigenvalue weighted by Crippen LogP contribution is -2.35. The van der Waals surface area contributed by atoms with Crippen LogP contribution in [0.25, 0.3) is 0 Å². The van der Waals surface area contributed by atoms with E-state index in [4.69, 9.17) is 5.11 Å². The molecule has 0 spiro atoms. The molecule has 19 heavy (non-hydrogen) atoms. The van der Waals surface area contributed by atoms with Gasteiger partial charge in [0, 0.05) is 19.3 Å². The van der Waals surface area contributed by atoms with Gasteiger partial charge < -0.3 is 10.0 Å². The van der Waals surface area contributed by atoms with Gasteiger partial charge in [-0.25, -0.2) is 4.79 Å². The Morgan fingerprint density at radius 2 is 2.21 bits per heavy atom. The molecule has 102 valence electrons. The average Bonchev–Trinajstić information content (AvgIpc) is 3.21. The lowest BCUT2D eigenvalue weighted by Gasteiger charge is -2.22. The zero-order chi connectivity index (χ0) is 13.8. The third kappa shape index (κ3) is 3.30. The third-order valence-electron chi connectivity index (χ3n) is 3.20. The summed E-state index contributed by atoms with van der Waals surface area (Å²) in [6.45, 7) is 3.36. The Morgan fingerprint density at radius 3 is 2.79 bits per heavy atom. The molecule has 0 bridgehead atoms. The van der Waals surface area contributed by atoms with Gasteiger partial charge in [-0.1, -0.05) is 6.92 Å². The molecule has 1 aromatic rings. The van der Waals surface area contributed by atoms with E-state index in [1.807, 2.05) is 6.92 Å². The zero-order valence-corrected chi connectivity index (χ0v) is 11.0. The van der Waals surface area contributed by atoms with Gasteiger partial charge in [0.25, 0.3) is 5.91 Å². The van der Waals surface area contributed by atoms with Crippen molar-refractivity contribution in [3.8, 4) is 0 Å². The van der Waals surface area contributed by atoms with E-state index in [1.165, 1.54) is 18.3 Å². The van der Waals surface area contributed by atoms with E-state index in [0.29, 0.717) is 19.0 Å². The lowest BCUT2D eigenvalue weighted by molar-refractivity contribution is 0.0670. The Balaban J connectivity index is 2.22. The minimum Gasteiger partial charge on any atom is -0.478 e. The highest BCUT2D eigenvalue weighted by molar-refractivity contribution is 6.03. The number of pyridine rings is 1. The fourth-order valence-electron chi connectivity index (χ4n) is 2.06. The number of rotatable bonds is 6. The Bertz CT molecular complexity index is 483.